The molecule has 0 unspecified atom stereocenters. The fourth-order valence-corrected chi connectivity index (χ4v) is 2.27. The Morgan fingerprint density at radius 2 is 1.65 bits per heavy atom. The van der Waals surface area contributed by atoms with Gasteiger partial charge in [0.15, 0.2) is 9.36 Å². The molecular weight excluding hydrogens is 461 g/mol. The Kier molecular flexibility index (Phi) is 6.51. The lowest BCUT2D eigenvalue weighted by Crippen LogP contribution is -2.51. The first-order chi connectivity index (χ1) is 10.3. The van der Waals surface area contributed by atoms with Crippen molar-refractivity contribution in [1.82, 2.24) is 5.32 Å². The molecule has 5 nitrogen and oxygen atoms in total. The first kappa shape index (κ1) is 20.2. The van der Waals surface area contributed by atoms with Crippen molar-refractivity contribution < 1.29 is 18.7 Å². The zero-order valence-electron chi connectivity index (χ0n) is 12.9. The first-order valence-corrected chi connectivity index (χ1v) is 8.31. The molecule has 0 spiro atoms. The van der Waals surface area contributed by atoms with E-state index in [1.807, 2.05) is 0 Å². The minimum Gasteiger partial charge on any atom is -0.444 e. The number of anilines is 1. The molecule has 1 atom stereocenters. The van der Waals surface area contributed by atoms with Crippen LogP contribution in [-0.4, -0.2) is 21.1 Å². The summed E-state index contributed by atoms with van der Waals surface area (Å²) in [5.41, 5.74) is -0.481. The van der Waals surface area contributed by atoms with Crippen molar-refractivity contribution in [2.45, 2.75) is 36.8 Å². The third-order valence-corrected chi connectivity index (χ3v) is 3.71. The lowest BCUT2D eigenvalue weighted by molar-refractivity contribution is -0.118. The molecule has 0 saturated carbocycles. The standard InChI is InChI=1S/C14H16Cl2FIN2O3/c1-13(2,3)23-12(22)20-14(4,18)11(21)19-7-5-8(15)10(17)9(16)6-7/h5-6H,1-4H3,(H,19,21)(H,20,22)/t14-/m0/s1. The van der Waals surface area contributed by atoms with Crippen LogP contribution in [-0.2, 0) is 9.53 Å². The molecule has 1 rings (SSSR count). The second kappa shape index (κ2) is 7.40. The van der Waals surface area contributed by atoms with E-state index in [-0.39, 0.29) is 15.7 Å². The molecule has 23 heavy (non-hydrogen) atoms. The quantitative estimate of drug-likeness (QED) is 0.286. The van der Waals surface area contributed by atoms with E-state index in [1.165, 1.54) is 19.1 Å². The topological polar surface area (TPSA) is 67.4 Å². The highest BCUT2D eigenvalue weighted by molar-refractivity contribution is 14.1. The monoisotopic (exact) mass is 476 g/mol. The molecule has 0 fully saturated rings. The second-order valence-electron chi connectivity index (χ2n) is 5.84. The molecule has 0 aromatic heterocycles. The largest absolute Gasteiger partial charge is 0.444 e. The number of rotatable bonds is 3. The maximum Gasteiger partial charge on any atom is 0.409 e. The molecule has 2 amide bonds. The van der Waals surface area contributed by atoms with Gasteiger partial charge in [-0.25, -0.2) is 9.18 Å². The number of carbonyl (C=O) groups excluding carboxylic acids is 2. The molecule has 0 radical (unpaired) electrons. The third-order valence-electron chi connectivity index (χ3n) is 2.40. The molecule has 1 aromatic carbocycles. The third kappa shape index (κ3) is 6.31. The van der Waals surface area contributed by atoms with Gasteiger partial charge in [-0.3, -0.25) is 10.1 Å². The van der Waals surface area contributed by atoms with Crippen LogP contribution in [0.15, 0.2) is 12.1 Å². The van der Waals surface area contributed by atoms with E-state index < -0.39 is 27.0 Å². The van der Waals surface area contributed by atoms with Crippen molar-refractivity contribution in [2.24, 2.45) is 0 Å². The molecule has 1 aromatic rings. The Hall–Kier alpha value is -0.800. The number of alkyl halides is 1. The van der Waals surface area contributed by atoms with Gasteiger partial charge in [-0.05, 0) is 62.4 Å². The fourth-order valence-electron chi connectivity index (χ4n) is 1.43. The lowest BCUT2D eigenvalue weighted by Gasteiger charge is -2.26. The SMILES string of the molecule is CC(C)(C)OC(=O)N[C@](C)(I)C(=O)Nc1cc(Cl)c(F)c(Cl)c1. The second-order valence-corrected chi connectivity index (χ2v) is 8.81. The van der Waals surface area contributed by atoms with Crippen molar-refractivity contribution in [1.29, 1.82) is 0 Å². The van der Waals surface area contributed by atoms with Gasteiger partial charge in [-0.15, -0.1) is 0 Å². The van der Waals surface area contributed by atoms with Crippen LogP contribution in [0.25, 0.3) is 0 Å². The fraction of sp³-hybridized carbons (Fsp3) is 0.429. The molecule has 9 heteroatoms. The summed E-state index contributed by atoms with van der Waals surface area (Å²) < 4.78 is 17.2. The van der Waals surface area contributed by atoms with Crippen molar-refractivity contribution >= 4 is 63.5 Å². The minimum absolute atomic E-state index is 0.209. The summed E-state index contributed by atoms with van der Waals surface area (Å²) in [7, 11) is 0. The van der Waals surface area contributed by atoms with Crippen molar-refractivity contribution in [3.05, 3.63) is 28.0 Å². The first-order valence-electron chi connectivity index (χ1n) is 6.48. The maximum absolute atomic E-state index is 13.4. The Bertz CT molecular complexity index is 610. The van der Waals surface area contributed by atoms with Crippen LogP contribution < -0.4 is 10.6 Å². The number of halogens is 4. The highest BCUT2D eigenvalue weighted by Crippen LogP contribution is 2.28. The van der Waals surface area contributed by atoms with Crippen LogP contribution in [0.1, 0.15) is 27.7 Å². The van der Waals surface area contributed by atoms with Crippen LogP contribution in [0.4, 0.5) is 14.9 Å². The van der Waals surface area contributed by atoms with Gasteiger partial charge in [0, 0.05) is 5.69 Å². The highest BCUT2D eigenvalue weighted by Gasteiger charge is 2.33. The normalized spacial score (nSPS) is 13.9. The summed E-state index contributed by atoms with van der Waals surface area (Å²) in [4.78, 5) is 24.0. The average Bonchev–Trinajstić information content (AvgIpc) is 2.32. The van der Waals surface area contributed by atoms with Crippen LogP contribution in [0.3, 0.4) is 0 Å². The Balaban J connectivity index is 2.81. The van der Waals surface area contributed by atoms with Gasteiger partial charge in [0.25, 0.3) is 5.91 Å². The van der Waals surface area contributed by atoms with E-state index in [0.29, 0.717) is 0 Å². The molecule has 0 bridgehead atoms. The maximum atomic E-state index is 13.4. The number of carbonyl (C=O) groups is 2. The van der Waals surface area contributed by atoms with Gasteiger partial charge in [0.2, 0.25) is 0 Å². The van der Waals surface area contributed by atoms with Crippen LogP contribution in [0, 0.1) is 5.82 Å². The van der Waals surface area contributed by atoms with Gasteiger partial charge in [0.05, 0.1) is 10.0 Å². The molecule has 0 aliphatic heterocycles. The van der Waals surface area contributed by atoms with E-state index in [2.05, 4.69) is 10.6 Å². The van der Waals surface area contributed by atoms with Crippen molar-refractivity contribution in [2.75, 3.05) is 5.32 Å². The number of benzene rings is 1. The zero-order chi connectivity index (χ0) is 18.0. The van der Waals surface area contributed by atoms with Crippen LogP contribution >= 0.6 is 45.8 Å². The smallest absolute Gasteiger partial charge is 0.409 e. The molecule has 2 N–H and O–H groups in total. The predicted molar refractivity (Wildman–Crippen MR) is 96.8 cm³/mol. The van der Waals surface area contributed by atoms with Crippen LogP contribution in [0.5, 0.6) is 0 Å². The summed E-state index contributed by atoms with van der Waals surface area (Å²) in [5, 5.41) is 4.52. The Morgan fingerprint density at radius 1 is 1.17 bits per heavy atom. The van der Waals surface area contributed by atoms with Crippen LogP contribution in [0.2, 0.25) is 10.0 Å². The van der Waals surface area contributed by atoms with Gasteiger partial charge in [-0.2, -0.15) is 0 Å². The van der Waals surface area contributed by atoms with Gasteiger partial charge in [-0.1, -0.05) is 23.2 Å². The number of ether oxygens (including phenoxy) is 1. The number of amides is 2. The summed E-state index contributed by atoms with van der Waals surface area (Å²) in [6, 6.07) is 2.45. The highest BCUT2D eigenvalue weighted by atomic mass is 127. The minimum atomic E-state index is -1.30. The zero-order valence-corrected chi connectivity index (χ0v) is 16.6. The average molecular weight is 477 g/mol. The van der Waals surface area contributed by atoms with E-state index in [9.17, 15) is 14.0 Å². The summed E-state index contributed by atoms with van der Waals surface area (Å²) in [5.74, 6) is -1.32. The van der Waals surface area contributed by atoms with E-state index in [4.69, 9.17) is 27.9 Å². The summed E-state index contributed by atoms with van der Waals surface area (Å²) >= 11 is 13.1. The van der Waals surface area contributed by atoms with Gasteiger partial charge in [0.1, 0.15) is 5.60 Å². The number of alkyl carbamates (subject to hydrolysis) is 1. The molecule has 128 valence electrons. The van der Waals surface area contributed by atoms with Crippen molar-refractivity contribution in [3.63, 3.8) is 0 Å². The van der Waals surface area contributed by atoms with Crippen molar-refractivity contribution in [3.8, 4) is 0 Å². The number of nitrogens with one attached hydrogen (secondary N) is 2. The predicted octanol–water partition coefficient (Wildman–Crippen LogP) is 4.75. The molecule has 0 aliphatic carbocycles. The summed E-state index contributed by atoms with van der Waals surface area (Å²) in [6.07, 6.45) is -0.736. The summed E-state index contributed by atoms with van der Waals surface area (Å²) in [6.45, 7) is 6.61. The molecule has 0 heterocycles. The number of hydrogen-bond acceptors (Lipinski definition) is 3. The lowest BCUT2D eigenvalue weighted by atomic mass is 10.2. The van der Waals surface area contributed by atoms with Gasteiger partial charge < -0.3 is 10.1 Å². The van der Waals surface area contributed by atoms with E-state index >= 15 is 0 Å². The molecule has 0 saturated heterocycles. The molecular formula is C14H16Cl2FIN2O3. The molecule has 0 aliphatic rings. The Labute approximate surface area is 157 Å². The number of hydrogen-bond donors (Lipinski definition) is 2. The van der Waals surface area contributed by atoms with E-state index in [1.54, 1.807) is 43.4 Å². The Morgan fingerprint density at radius 3 is 2.09 bits per heavy atom. The van der Waals surface area contributed by atoms with E-state index in [0.717, 1.165) is 0 Å². The van der Waals surface area contributed by atoms with Gasteiger partial charge >= 0.3 is 6.09 Å².